The Labute approximate surface area is 384 Å². The van der Waals surface area contributed by atoms with E-state index in [1.807, 2.05) is 6.07 Å². The van der Waals surface area contributed by atoms with Crippen LogP contribution >= 0.6 is 0 Å². The lowest BCUT2D eigenvalue weighted by Gasteiger charge is -2.18. The molecular formula is C62H42N4. The Kier molecular flexibility index (Phi) is 9.95. The number of pyridine rings is 1. The summed E-state index contributed by atoms with van der Waals surface area (Å²) in [4.78, 5) is 21.0. The molecule has 1 unspecified atom stereocenters. The van der Waals surface area contributed by atoms with Gasteiger partial charge in [0.25, 0.3) is 0 Å². The van der Waals surface area contributed by atoms with E-state index >= 15 is 0 Å². The quantitative estimate of drug-likeness (QED) is 0.143. The fourth-order valence-electron chi connectivity index (χ4n) is 9.50. The third kappa shape index (κ3) is 7.35. The van der Waals surface area contributed by atoms with Gasteiger partial charge in [-0.2, -0.15) is 0 Å². The largest absolute Gasteiger partial charge is 0.248 e. The second-order valence-corrected chi connectivity index (χ2v) is 16.9. The summed E-state index contributed by atoms with van der Waals surface area (Å²) in [6.07, 6.45) is 7.55. The summed E-state index contributed by atoms with van der Waals surface area (Å²) in [5.74, 6) is 2.08. The molecule has 0 fully saturated rings. The van der Waals surface area contributed by atoms with Gasteiger partial charge in [0.15, 0.2) is 11.6 Å². The van der Waals surface area contributed by atoms with Crippen LogP contribution in [-0.4, -0.2) is 19.9 Å². The van der Waals surface area contributed by atoms with Crippen molar-refractivity contribution in [1.29, 1.82) is 0 Å². The molecule has 0 spiro atoms. The van der Waals surface area contributed by atoms with Gasteiger partial charge in [0.2, 0.25) is 0 Å². The Morgan fingerprint density at radius 2 is 0.939 bits per heavy atom. The standard InChI is InChI=1S/C62H42N4/c1-4-15-41(16-5-1)43-27-31-47(32-28-43)60-64-61(48-33-29-44(30-34-48)42-17-6-2-7-18-42)66-62(65-60)55-37-36-51(53-25-12-13-26-54(53)55)49-22-14-23-50(39-49)56-40-58(46-20-8-3-9-21-46)63-57-38-35-45-19-10-11-24-52(45)59(56)57/h1-33,35-40,48H,34H2. The molecule has 0 radical (unpaired) electrons. The van der Waals surface area contributed by atoms with Crippen molar-refractivity contribution < 1.29 is 0 Å². The first-order valence-corrected chi connectivity index (χ1v) is 22.6. The third-order valence-corrected chi connectivity index (χ3v) is 12.9. The first-order chi connectivity index (χ1) is 32.7. The van der Waals surface area contributed by atoms with Crippen LogP contribution in [0.15, 0.2) is 237 Å². The van der Waals surface area contributed by atoms with Gasteiger partial charge in [0.05, 0.1) is 11.2 Å². The van der Waals surface area contributed by atoms with Crippen LogP contribution in [0.2, 0.25) is 0 Å². The summed E-state index contributed by atoms with van der Waals surface area (Å²) >= 11 is 0. The van der Waals surface area contributed by atoms with Crippen LogP contribution in [-0.2, 0) is 0 Å². The zero-order valence-electron chi connectivity index (χ0n) is 36.1. The van der Waals surface area contributed by atoms with Crippen LogP contribution in [0, 0.1) is 0 Å². The third-order valence-electron chi connectivity index (χ3n) is 12.9. The molecule has 1 aliphatic carbocycles. The molecule has 0 amide bonds. The van der Waals surface area contributed by atoms with Gasteiger partial charge in [-0.15, -0.1) is 0 Å². The monoisotopic (exact) mass is 842 g/mol. The Morgan fingerprint density at radius 3 is 1.67 bits per heavy atom. The fraction of sp³-hybridized carbons (Fsp3) is 0.0323. The summed E-state index contributed by atoms with van der Waals surface area (Å²) in [6, 6.07) is 77.2. The van der Waals surface area contributed by atoms with Gasteiger partial charge in [-0.05, 0) is 96.7 Å². The van der Waals surface area contributed by atoms with Crippen molar-refractivity contribution in [2.75, 3.05) is 0 Å². The van der Waals surface area contributed by atoms with Gasteiger partial charge in [-0.3, -0.25) is 0 Å². The average Bonchev–Trinajstić information content (AvgIpc) is 3.41. The van der Waals surface area contributed by atoms with Crippen molar-refractivity contribution in [1.82, 2.24) is 19.9 Å². The molecule has 0 bridgehead atoms. The smallest absolute Gasteiger partial charge is 0.164 e. The average molecular weight is 843 g/mol. The van der Waals surface area contributed by atoms with Crippen molar-refractivity contribution >= 4 is 38.0 Å². The molecule has 2 heterocycles. The topological polar surface area (TPSA) is 51.6 Å². The molecule has 310 valence electrons. The molecule has 12 rings (SSSR count). The molecule has 4 heteroatoms. The fourth-order valence-corrected chi connectivity index (χ4v) is 9.50. The molecule has 0 aliphatic heterocycles. The molecule has 2 aromatic heterocycles. The lowest BCUT2D eigenvalue weighted by atomic mass is 9.90. The van der Waals surface area contributed by atoms with Crippen LogP contribution < -0.4 is 0 Å². The molecule has 4 nitrogen and oxygen atoms in total. The van der Waals surface area contributed by atoms with E-state index in [2.05, 4.69) is 231 Å². The number of allylic oxidation sites excluding steroid dienone is 4. The van der Waals surface area contributed by atoms with Crippen molar-refractivity contribution in [3.8, 4) is 67.4 Å². The minimum Gasteiger partial charge on any atom is -0.248 e. The zero-order chi connectivity index (χ0) is 43.8. The SMILES string of the molecule is C1=CC(c2nc(-c3ccc(-c4ccccc4)cc3)nc(-c3ccc(-c4cccc(-c5cc(-c6ccccc6)nc6ccc7ccccc7c56)c4)c4ccccc34)n2)CC=C1c1ccccc1. The molecule has 0 N–H and O–H groups in total. The van der Waals surface area contributed by atoms with Crippen molar-refractivity contribution in [2.45, 2.75) is 12.3 Å². The van der Waals surface area contributed by atoms with E-state index in [1.165, 1.54) is 27.5 Å². The summed E-state index contributed by atoms with van der Waals surface area (Å²) in [5, 5.41) is 5.75. The molecule has 1 aliphatic rings. The molecule has 9 aromatic carbocycles. The molecule has 11 aromatic rings. The Balaban J connectivity index is 0.976. The second kappa shape index (κ2) is 16.8. The van der Waals surface area contributed by atoms with Gasteiger partial charge < -0.3 is 0 Å². The van der Waals surface area contributed by atoms with Crippen LogP contribution in [0.1, 0.15) is 23.7 Å². The Hall–Kier alpha value is -8.60. The highest BCUT2D eigenvalue weighted by Crippen LogP contribution is 2.41. The van der Waals surface area contributed by atoms with Crippen molar-refractivity contribution in [3.63, 3.8) is 0 Å². The van der Waals surface area contributed by atoms with E-state index in [0.29, 0.717) is 11.6 Å². The van der Waals surface area contributed by atoms with Gasteiger partial charge in [0.1, 0.15) is 5.82 Å². The van der Waals surface area contributed by atoms with E-state index < -0.39 is 0 Å². The predicted molar refractivity (Wildman–Crippen MR) is 274 cm³/mol. The number of benzene rings is 9. The van der Waals surface area contributed by atoms with Crippen LogP contribution in [0.3, 0.4) is 0 Å². The molecule has 0 saturated carbocycles. The van der Waals surface area contributed by atoms with E-state index in [9.17, 15) is 0 Å². The van der Waals surface area contributed by atoms with Gasteiger partial charge in [-0.1, -0.05) is 212 Å². The molecule has 1 atom stereocenters. The molecular weight excluding hydrogens is 801 g/mol. The highest BCUT2D eigenvalue weighted by atomic mass is 15.0. The lowest BCUT2D eigenvalue weighted by Crippen LogP contribution is -2.08. The summed E-state index contributed by atoms with van der Waals surface area (Å²) < 4.78 is 0. The van der Waals surface area contributed by atoms with Crippen LogP contribution in [0.25, 0.3) is 105 Å². The lowest BCUT2D eigenvalue weighted by molar-refractivity contribution is 0.766. The first kappa shape index (κ1) is 39.0. The maximum atomic E-state index is 5.30. The number of hydrogen-bond acceptors (Lipinski definition) is 4. The van der Waals surface area contributed by atoms with Crippen LogP contribution in [0.4, 0.5) is 0 Å². The van der Waals surface area contributed by atoms with E-state index in [1.54, 1.807) is 0 Å². The number of fused-ring (bicyclic) bond motifs is 4. The van der Waals surface area contributed by atoms with Gasteiger partial charge >= 0.3 is 0 Å². The maximum Gasteiger partial charge on any atom is 0.164 e. The summed E-state index contributed by atoms with van der Waals surface area (Å²) in [7, 11) is 0. The highest BCUT2D eigenvalue weighted by molar-refractivity contribution is 6.14. The number of nitrogens with zero attached hydrogens (tertiary/aromatic N) is 4. The maximum absolute atomic E-state index is 5.30. The number of aromatic nitrogens is 4. The van der Waals surface area contributed by atoms with E-state index in [4.69, 9.17) is 19.9 Å². The number of rotatable bonds is 8. The van der Waals surface area contributed by atoms with Crippen molar-refractivity contribution in [2.24, 2.45) is 0 Å². The molecule has 66 heavy (non-hydrogen) atoms. The first-order valence-electron chi connectivity index (χ1n) is 22.6. The normalized spacial score (nSPS) is 13.6. The summed E-state index contributed by atoms with van der Waals surface area (Å²) in [5.41, 5.74) is 14.2. The van der Waals surface area contributed by atoms with E-state index in [0.717, 1.165) is 84.1 Å². The second-order valence-electron chi connectivity index (χ2n) is 16.9. The highest BCUT2D eigenvalue weighted by Gasteiger charge is 2.21. The predicted octanol–water partition coefficient (Wildman–Crippen LogP) is 15.9. The minimum absolute atomic E-state index is 0.00127. The summed E-state index contributed by atoms with van der Waals surface area (Å²) in [6.45, 7) is 0. The van der Waals surface area contributed by atoms with Gasteiger partial charge in [-0.25, -0.2) is 19.9 Å². The van der Waals surface area contributed by atoms with Crippen LogP contribution in [0.5, 0.6) is 0 Å². The van der Waals surface area contributed by atoms with E-state index in [-0.39, 0.29) is 5.92 Å². The molecule has 0 saturated heterocycles. The van der Waals surface area contributed by atoms with Gasteiger partial charge in [0, 0.05) is 28.0 Å². The Morgan fingerprint density at radius 1 is 0.364 bits per heavy atom. The Bertz CT molecular complexity index is 3650. The van der Waals surface area contributed by atoms with Crippen molar-refractivity contribution in [3.05, 3.63) is 248 Å². The zero-order valence-corrected chi connectivity index (χ0v) is 36.1. The minimum atomic E-state index is -0.00127. The number of hydrogen-bond donors (Lipinski definition) is 0.